The van der Waals surface area contributed by atoms with Gasteiger partial charge in [0.15, 0.2) is 0 Å². The van der Waals surface area contributed by atoms with E-state index < -0.39 is 5.97 Å². The van der Waals surface area contributed by atoms with E-state index in [0.29, 0.717) is 17.2 Å². The van der Waals surface area contributed by atoms with Crippen LogP contribution in [-0.2, 0) is 4.79 Å². The maximum absolute atomic E-state index is 12.2. The van der Waals surface area contributed by atoms with Gasteiger partial charge in [0.05, 0.1) is 0 Å². The molecule has 8 nitrogen and oxygen atoms in total. The number of amides is 1. The fourth-order valence-electron chi connectivity index (χ4n) is 2.22. The van der Waals surface area contributed by atoms with Gasteiger partial charge in [-0.05, 0) is 44.2 Å². The maximum atomic E-state index is 12.2. The molecule has 3 aromatic rings. The number of rotatable bonds is 3. The lowest BCUT2D eigenvalue weighted by Gasteiger charge is -2.04. The van der Waals surface area contributed by atoms with E-state index in [1.54, 1.807) is 24.3 Å². The van der Waals surface area contributed by atoms with Crippen LogP contribution >= 0.6 is 0 Å². The van der Waals surface area contributed by atoms with Gasteiger partial charge in [-0.3, -0.25) is 4.79 Å². The molecule has 1 N–H and O–H groups in total. The molecule has 0 bridgehead atoms. The Bertz CT molecular complexity index is 931. The van der Waals surface area contributed by atoms with Crippen LogP contribution < -0.4 is 10.1 Å². The second-order valence-electron chi connectivity index (χ2n) is 5.28. The first-order valence-electron chi connectivity index (χ1n) is 7.23. The van der Waals surface area contributed by atoms with Crippen LogP contribution in [0.5, 0.6) is 5.75 Å². The van der Waals surface area contributed by atoms with Crippen LogP contribution in [0.15, 0.2) is 30.3 Å². The third kappa shape index (κ3) is 3.22. The van der Waals surface area contributed by atoms with Crippen molar-refractivity contribution in [3.05, 3.63) is 47.5 Å². The Morgan fingerprint density at radius 2 is 1.83 bits per heavy atom. The summed E-state index contributed by atoms with van der Waals surface area (Å²) in [7, 11) is 0. The van der Waals surface area contributed by atoms with Crippen LogP contribution in [0.4, 0.5) is 5.69 Å². The SMILES string of the molecule is CC(=O)Nc1ccc(OC(=O)c2nc3nc(C)cc(C)n3n2)cc1. The summed E-state index contributed by atoms with van der Waals surface area (Å²) in [5.74, 6) is -0.243. The number of carbonyl (C=O) groups is 2. The Hall–Kier alpha value is -3.29. The Morgan fingerprint density at radius 1 is 1.12 bits per heavy atom. The molecule has 0 spiro atoms. The van der Waals surface area contributed by atoms with E-state index in [9.17, 15) is 9.59 Å². The number of anilines is 1. The number of hydrogen-bond acceptors (Lipinski definition) is 6. The lowest BCUT2D eigenvalue weighted by atomic mass is 10.3. The van der Waals surface area contributed by atoms with Crippen molar-refractivity contribution in [1.82, 2.24) is 19.6 Å². The van der Waals surface area contributed by atoms with Crippen LogP contribution in [-0.4, -0.2) is 31.5 Å². The Balaban J connectivity index is 1.79. The number of esters is 1. The lowest BCUT2D eigenvalue weighted by molar-refractivity contribution is -0.114. The number of ether oxygens (including phenoxy) is 1. The highest BCUT2D eigenvalue weighted by Gasteiger charge is 2.17. The quantitative estimate of drug-likeness (QED) is 0.583. The fourth-order valence-corrected chi connectivity index (χ4v) is 2.22. The summed E-state index contributed by atoms with van der Waals surface area (Å²) in [6.45, 7) is 5.11. The lowest BCUT2D eigenvalue weighted by Crippen LogP contribution is -2.11. The minimum Gasteiger partial charge on any atom is -0.421 e. The maximum Gasteiger partial charge on any atom is 0.383 e. The van der Waals surface area contributed by atoms with Gasteiger partial charge < -0.3 is 10.1 Å². The predicted molar refractivity (Wildman–Crippen MR) is 86.0 cm³/mol. The molecule has 1 amide bonds. The second kappa shape index (κ2) is 6.07. The molecule has 0 fully saturated rings. The van der Waals surface area contributed by atoms with Crippen LogP contribution in [0, 0.1) is 13.8 Å². The van der Waals surface area contributed by atoms with Crippen molar-refractivity contribution in [2.24, 2.45) is 0 Å². The van der Waals surface area contributed by atoms with E-state index in [1.807, 2.05) is 19.9 Å². The number of aromatic nitrogens is 4. The van der Waals surface area contributed by atoms with Crippen molar-refractivity contribution in [2.45, 2.75) is 20.8 Å². The topological polar surface area (TPSA) is 98.5 Å². The summed E-state index contributed by atoms with van der Waals surface area (Å²) >= 11 is 0. The van der Waals surface area contributed by atoms with E-state index in [1.165, 1.54) is 11.4 Å². The van der Waals surface area contributed by atoms with Crippen LogP contribution in [0.25, 0.3) is 5.78 Å². The number of aryl methyl sites for hydroxylation is 2. The smallest absolute Gasteiger partial charge is 0.383 e. The van der Waals surface area contributed by atoms with E-state index in [4.69, 9.17) is 4.74 Å². The zero-order valence-corrected chi connectivity index (χ0v) is 13.4. The number of fused-ring (bicyclic) bond motifs is 1. The molecule has 0 unspecified atom stereocenters. The Kier molecular flexibility index (Phi) is 3.95. The van der Waals surface area contributed by atoms with Crippen molar-refractivity contribution in [1.29, 1.82) is 0 Å². The van der Waals surface area contributed by atoms with Crippen molar-refractivity contribution in [3.8, 4) is 5.75 Å². The summed E-state index contributed by atoms with van der Waals surface area (Å²) in [6.07, 6.45) is 0. The van der Waals surface area contributed by atoms with Crippen molar-refractivity contribution < 1.29 is 14.3 Å². The van der Waals surface area contributed by atoms with E-state index in [2.05, 4.69) is 20.4 Å². The van der Waals surface area contributed by atoms with Gasteiger partial charge in [0.1, 0.15) is 5.75 Å². The number of nitrogens with zero attached hydrogens (tertiary/aromatic N) is 4. The molecule has 0 aliphatic carbocycles. The number of carbonyl (C=O) groups excluding carboxylic acids is 2. The number of benzene rings is 1. The van der Waals surface area contributed by atoms with E-state index >= 15 is 0 Å². The zero-order valence-electron chi connectivity index (χ0n) is 13.4. The molecule has 0 saturated heterocycles. The predicted octanol–water partition coefficient (Wildman–Crippen LogP) is 1.92. The van der Waals surface area contributed by atoms with Gasteiger partial charge in [-0.25, -0.2) is 14.3 Å². The number of hydrogen-bond donors (Lipinski definition) is 1. The van der Waals surface area contributed by atoms with Gasteiger partial charge in [0.25, 0.3) is 11.6 Å². The monoisotopic (exact) mass is 325 g/mol. The van der Waals surface area contributed by atoms with Crippen molar-refractivity contribution >= 4 is 23.3 Å². The Labute approximate surface area is 137 Å². The first-order chi connectivity index (χ1) is 11.4. The van der Waals surface area contributed by atoms with Gasteiger partial charge in [0.2, 0.25) is 5.91 Å². The summed E-state index contributed by atoms with van der Waals surface area (Å²) in [6, 6.07) is 8.27. The summed E-state index contributed by atoms with van der Waals surface area (Å²) in [5.41, 5.74) is 2.23. The highest BCUT2D eigenvalue weighted by Crippen LogP contribution is 2.17. The molecular formula is C16H15N5O3. The molecule has 0 radical (unpaired) electrons. The largest absolute Gasteiger partial charge is 0.421 e. The Morgan fingerprint density at radius 3 is 2.50 bits per heavy atom. The molecule has 0 atom stereocenters. The molecular weight excluding hydrogens is 310 g/mol. The highest BCUT2D eigenvalue weighted by molar-refractivity contribution is 5.89. The summed E-state index contributed by atoms with van der Waals surface area (Å²) < 4.78 is 6.73. The average Bonchev–Trinajstić information content (AvgIpc) is 2.93. The average molecular weight is 325 g/mol. The molecule has 2 aromatic heterocycles. The van der Waals surface area contributed by atoms with Crippen LogP contribution in [0.3, 0.4) is 0 Å². The van der Waals surface area contributed by atoms with Gasteiger partial charge in [-0.2, -0.15) is 4.98 Å². The van der Waals surface area contributed by atoms with Gasteiger partial charge in [0, 0.05) is 24.0 Å². The second-order valence-corrected chi connectivity index (χ2v) is 5.28. The van der Waals surface area contributed by atoms with Gasteiger partial charge in [-0.1, -0.05) is 0 Å². The third-order valence-electron chi connectivity index (χ3n) is 3.19. The summed E-state index contributed by atoms with van der Waals surface area (Å²) in [5, 5.41) is 6.75. The van der Waals surface area contributed by atoms with E-state index in [-0.39, 0.29) is 11.7 Å². The summed E-state index contributed by atoms with van der Waals surface area (Å²) in [4.78, 5) is 31.5. The zero-order chi connectivity index (χ0) is 17.3. The van der Waals surface area contributed by atoms with Crippen molar-refractivity contribution in [3.63, 3.8) is 0 Å². The minimum atomic E-state index is -0.676. The molecule has 122 valence electrons. The standard InChI is InChI=1S/C16H15N5O3/c1-9-8-10(2)21-16(17-9)19-14(20-21)15(23)24-13-6-4-12(5-7-13)18-11(3)22/h4-8H,1-3H3,(H,18,22). The third-order valence-corrected chi connectivity index (χ3v) is 3.19. The number of nitrogens with one attached hydrogen (secondary N) is 1. The highest BCUT2D eigenvalue weighted by atomic mass is 16.5. The first kappa shape index (κ1) is 15.6. The molecule has 1 aromatic carbocycles. The molecule has 24 heavy (non-hydrogen) atoms. The van der Waals surface area contributed by atoms with Gasteiger partial charge >= 0.3 is 5.97 Å². The molecule has 0 aliphatic heterocycles. The molecule has 0 aliphatic rings. The normalized spacial score (nSPS) is 10.6. The molecule has 8 heteroatoms. The van der Waals surface area contributed by atoms with E-state index in [0.717, 1.165) is 11.4 Å². The van der Waals surface area contributed by atoms with Crippen LogP contribution in [0.1, 0.15) is 28.9 Å². The fraction of sp³-hybridized carbons (Fsp3) is 0.188. The molecule has 2 heterocycles. The van der Waals surface area contributed by atoms with Crippen LogP contribution in [0.2, 0.25) is 0 Å². The molecule has 0 saturated carbocycles. The minimum absolute atomic E-state index is 0.0675. The van der Waals surface area contributed by atoms with Crippen molar-refractivity contribution in [2.75, 3.05) is 5.32 Å². The van der Waals surface area contributed by atoms with Gasteiger partial charge in [-0.15, -0.1) is 5.10 Å². The first-order valence-corrected chi connectivity index (χ1v) is 7.23. The molecule has 3 rings (SSSR count).